The zero-order valence-electron chi connectivity index (χ0n) is 10.5. The van der Waals surface area contributed by atoms with Crippen molar-refractivity contribution >= 4 is 17.3 Å². The van der Waals surface area contributed by atoms with Gasteiger partial charge < -0.3 is 15.1 Å². The Morgan fingerprint density at radius 2 is 2.00 bits per heavy atom. The summed E-state index contributed by atoms with van der Waals surface area (Å²) >= 11 is 6.03. The largest absolute Gasteiger partial charge is 0.507 e. The highest BCUT2D eigenvalue weighted by molar-refractivity contribution is 6.36. The van der Waals surface area contributed by atoms with E-state index in [9.17, 15) is 9.50 Å². The van der Waals surface area contributed by atoms with Gasteiger partial charge >= 0.3 is 0 Å². The molecular formula is C14H11ClFNO3. The van der Waals surface area contributed by atoms with Crippen molar-refractivity contribution in [2.75, 3.05) is 7.11 Å². The maximum atomic E-state index is 13.8. The van der Waals surface area contributed by atoms with Gasteiger partial charge in [0.05, 0.1) is 17.7 Å². The van der Waals surface area contributed by atoms with Crippen LogP contribution in [0.4, 0.5) is 4.39 Å². The zero-order chi connectivity index (χ0) is 14.7. The van der Waals surface area contributed by atoms with E-state index >= 15 is 0 Å². The fourth-order valence-corrected chi connectivity index (χ4v) is 2.11. The van der Waals surface area contributed by atoms with Crippen LogP contribution in [0.5, 0.6) is 11.5 Å². The van der Waals surface area contributed by atoms with E-state index in [-0.39, 0.29) is 27.6 Å². The minimum atomic E-state index is -0.591. The molecule has 0 aromatic heterocycles. The van der Waals surface area contributed by atoms with Gasteiger partial charge in [-0.25, -0.2) is 4.39 Å². The molecule has 2 aromatic rings. The molecule has 2 rings (SSSR count). The molecule has 0 spiro atoms. The third kappa shape index (κ3) is 2.53. The third-order valence-electron chi connectivity index (χ3n) is 2.74. The maximum Gasteiger partial charge on any atom is 0.132 e. The summed E-state index contributed by atoms with van der Waals surface area (Å²) in [6, 6.07) is 8.45. The highest BCUT2D eigenvalue weighted by atomic mass is 35.5. The van der Waals surface area contributed by atoms with Gasteiger partial charge in [0.25, 0.3) is 0 Å². The van der Waals surface area contributed by atoms with Crippen LogP contribution >= 0.6 is 11.6 Å². The maximum absolute atomic E-state index is 13.8. The Labute approximate surface area is 119 Å². The van der Waals surface area contributed by atoms with E-state index < -0.39 is 5.82 Å². The Kier molecular flexibility index (Phi) is 4.10. The van der Waals surface area contributed by atoms with Crippen molar-refractivity contribution in [2.45, 2.75) is 0 Å². The standard InChI is InChI=1S/C14H11ClFNO3/c1-20-8-6-10(15)13(12(18)7-8)14(17-19)9-4-2-3-5-11(9)16/h2-7,18-19H,1H3/b17-14-. The normalized spacial score (nSPS) is 11.4. The van der Waals surface area contributed by atoms with E-state index in [1.54, 1.807) is 6.07 Å². The molecule has 0 saturated carbocycles. The lowest BCUT2D eigenvalue weighted by Crippen LogP contribution is -2.07. The Morgan fingerprint density at radius 3 is 2.55 bits per heavy atom. The summed E-state index contributed by atoms with van der Waals surface area (Å²) in [5.41, 5.74) is -0.106. The summed E-state index contributed by atoms with van der Waals surface area (Å²) in [7, 11) is 1.42. The molecule has 20 heavy (non-hydrogen) atoms. The number of rotatable bonds is 3. The van der Waals surface area contributed by atoms with Gasteiger partial charge in [0.15, 0.2) is 0 Å². The van der Waals surface area contributed by atoms with Crippen molar-refractivity contribution in [1.29, 1.82) is 0 Å². The molecular weight excluding hydrogens is 285 g/mol. The van der Waals surface area contributed by atoms with Crippen LogP contribution in [-0.4, -0.2) is 23.1 Å². The Hall–Kier alpha value is -2.27. The van der Waals surface area contributed by atoms with Crippen LogP contribution in [0.25, 0.3) is 0 Å². The molecule has 0 aliphatic carbocycles. The van der Waals surface area contributed by atoms with Crippen LogP contribution in [0.15, 0.2) is 41.6 Å². The zero-order valence-corrected chi connectivity index (χ0v) is 11.2. The first-order valence-electron chi connectivity index (χ1n) is 5.62. The average molecular weight is 296 g/mol. The minimum absolute atomic E-state index is 0.0253. The summed E-state index contributed by atoms with van der Waals surface area (Å²) < 4.78 is 18.7. The number of phenolic OH excluding ortho intramolecular Hbond substituents is 1. The Morgan fingerprint density at radius 1 is 1.30 bits per heavy atom. The first-order valence-corrected chi connectivity index (χ1v) is 6.00. The molecule has 0 unspecified atom stereocenters. The number of methoxy groups -OCH3 is 1. The number of ether oxygens (including phenoxy) is 1. The van der Waals surface area contributed by atoms with Crippen LogP contribution in [0, 0.1) is 5.82 Å². The lowest BCUT2D eigenvalue weighted by molar-refractivity contribution is 0.319. The fraction of sp³-hybridized carbons (Fsp3) is 0.0714. The predicted octanol–water partition coefficient (Wildman–Crippen LogP) is 3.42. The molecule has 0 aliphatic heterocycles. The van der Waals surface area contributed by atoms with Crippen molar-refractivity contribution in [3.63, 3.8) is 0 Å². The smallest absolute Gasteiger partial charge is 0.132 e. The number of oxime groups is 1. The lowest BCUT2D eigenvalue weighted by atomic mass is 10.0. The SMILES string of the molecule is COc1cc(O)c(/C(=N\O)c2ccccc2F)c(Cl)c1. The van der Waals surface area contributed by atoms with Crippen LogP contribution in [0.2, 0.25) is 5.02 Å². The molecule has 0 saturated heterocycles. The second-order valence-electron chi connectivity index (χ2n) is 3.93. The highest BCUT2D eigenvalue weighted by Crippen LogP contribution is 2.33. The summed E-state index contributed by atoms with van der Waals surface area (Å²) in [5, 5.41) is 22.3. The topological polar surface area (TPSA) is 62.0 Å². The van der Waals surface area contributed by atoms with Gasteiger partial charge in [0.1, 0.15) is 23.0 Å². The number of hydrogen-bond donors (Lipinski definition) is 2. The van der Waals surface area contributed by atoms with E-state index in [4.69, 9.17) is 21.5 Å². The van der Waals surface area contributed by atoms with Crippen molar-refractivity contribution < 1.29 is 19.4 Å². The average Bonchev–Trinajstić information content (AvgIpc) is 2.43. The molecule has 0 fully saturated rings. The number of nitrogens with zero attached hydrogens (tertiary/aromatic N) is 1. The van der Waals surface area contributed by atoms with Gasteiger partial charge in [0.2, 0.25) is 0 Å². The lowest BCUT2D eigenvalue weighted by Gasteiger charge is -2.11. The molecule has 2 aromatic carbocycles. The van der Waals surface area contributed by atoms with Crippen molar-refractivity contribution in [3.05, 3.63) is 58.4 Å². The molecule has 2 N–H and O–H groups in total. The fourth-order valence-electron chi connectivity index (χ4n) is 1.81. The van der Waals surface area contributed by atoms with Crippen LogP contribution in [0.3, 0.4) is 0 Å². The third-order valence-corrected chi connectivity index (χ3v) is 3.04. The van der Waals surface area contributed by atoms with Crippen molar-refractivity contribution in [1.82, 2.24) is 0 Å². The first-order chi connectivity index (χ1) is 9.58. The molecule has 6 heteroatoms. The van der Waals surface area contributed by atoms with Crippen molar-refractivity contribution in [2.24, 2.45) is 5.16 Å². The van der Waals surface area contributed by atoms with Crippen LogP contribution in [-0.2, 0) is 0 Å². The van der Waals surface area contributed by atoms with Gasteiger partial charge in [-0.15, -0.1) is 0 Å². The quantitative estimate of drug-likeness (QED) is 0.518. The highest BCUT2D eigenvalue weighted by Gasteiger charge is 2.20. The first kappa shape index (κ1) is 14.1. The molecule has 4 nitrogen and oxygen atoms in total. The molecule has 0 bridgehead atoms. The summed E-state index contributed by atoms with van der Waals surface area (Å²) in [6.07, 6.45) is 0. The van der Waals surface area contributed by atoms with Crippen LogP contribution in [0.1, 0.15) is 11.1 Å². The molecule has 0 aliphatic rings. The van der Waals surface area contributed by atoms with Gasteiger partial charge in [-0.1, -0.05) is 28.9 Å². The molecule has 0 heterocycles. The Bertz CT molecular complexity index is 650. The number of aromatic hydroxyl groups is 1. The van der Waals surface area contributed by atoms with Gasteiger partial charge in [-0.2, -0.15) is 0 Å². The van der Waals surface area contributed by atoms with Crippen LogP contribution < -0.4 is 4.74 Å². The summed E-state index contributed by atoms with van der Waals surface area (Å²) in [6.45, 7) is 0. The summed E-state index contributed by atoms with van der Waals surface area (Å²) in [5.74, 6) is -0.529. The van der Waals surface area contributed by atoms with Crippen molar-refractivity contribution in [3.8, 4) is 11.5 Å². The second kappa shape index (κ2) is 5.79. The van der Waals surface area contributed by atoms with E-state index in [1.165, 1.54) is 37.4 Å². The monoisotopic (exact) mass is 295 g/mol. The van der Waals surface area contributed by atoms with E-state index in [2.05, 4.69) is 5.16 Å². The molecule has 0 amide bonds. The number of hydrogen-bond acceptors (Lipinski definition) is 4. The van der Waals surface area contributed by atoms with Gasteiger partial charge in [0, 0.05) is 11.6 Å². The van der Waals surface area contributed by atoms with E-state index in [0.29, 0.717) is 5.75 Å². The summed E-state index contributed by atoms with van der Waals surface area (Å²) in [4.78, 5) is 0. The van der Waals surface area contributed by atoms with E-state index in [1.807, 2.05) is 0 Å². The van der Waals surface area contributed by atoms with Gasteiger partial charge in [-0.05, 0) is 18.2 Å². The second-order valence-corrected chi connectivity index (χ2v) is 4.34. The molecule has 104 valence electrons. The number of halogens is 2. The number of benzene rings is 2. The van der Waals surface area contributed by atoms with E-state index in [0.717, 1.165) is 0 Å². The minimum Gasteiger partial charge on any atom is -0.507 e. The van der Waals surface area contributed by atoms with Gasteiger partial charge in [-0.3, -0.25) is 0 Å². The molecule has 0 radical (unpaired) electrons. The number of phenols is 1. The Balaban J connectivity index is 2.63. The molecule has 0 atom stereocenters. The predicted molar refractivity (Wildman–Crippen MR) is 73.5 cm³/mol.